The first kappa shape index (κ1) is 21.9. The lowest BCUT2D eigenvalue weighted by molar-refractivity contribution is -0.145. The average Bonchev–Trinajstić information content (AvgIpc) is 3.18. The van der Waals surface area contributed by atoms with E-state index in [1.807, 2.05) is 30.3 Å². The fraction of sp³-hybridized carbons (Fsp3) is 0.130. The molecule has 4 aromatic rings. The zero-order valence-electron chi connectivity index (χ0n) is 16.6. The molecule has 0 radical (unpaired) electrons. The van der Waals surface area contributed by atoms with Crippen LogP contribution in [0.5, 0.6) is 0 Å². The SMILES string of the molecule is O=C(CSc1ccccc1)Nc1ccc(-n2c(C(F)(F)F)nc3cc(CO)ccc32)cc1. The number of aliphatic hydroxyl groups is 1. The number of carbonyl (C=O) groups is 1. The number of hydrogen-bond donors (Lipinski definition) is 2. The van der Waals surface area contributed by atoms with Crippen LogP contribution in [0.4, 0.5) is 18.9 Å². The van der Waals surface area contributed by atoms with Crippen molar-refractivity contribution in [1.29, 1.82) is 0 Å². The van der Waals surface area contributed by atoms with Gasteiger partial charge in [-0.05, 0) is 54.1 Å². The Bertz CT molecular complexity index is 1240. The fourth-order valence-corrected chi connectivity index (χ4v) is 3.95. The minimum absolute atomic E-state index is 0.138. The molecular formula is C23H18F3N3O2S. The van der Waals surface area contributed by atoms with Gasteiger partial charge in [0, 0.05) is 16.3 Å². The summed E-state index contributed by atoms with van der Waals surface area (Å²) in [6.45, 7) is -0.291. The normalized spacial score (nSPS) is 11.6. The van der Waals surface area contributed by atoms with E-state index in [0.29, 0.717) is 11.3 Å². The van der Waals surface area contributed by atoms with Crippen LogP contribution in [0.3, 0.4) is 0 Å². The molecule has 164 valence electrons. The molecule has 0 saturated heterocycles. The molecule has 2 N–H and O–H groups in total. The quantitative estimate of drug-likeness (QED) is 0.387. The van der Waals surface area contributed by atoms with Gasteiger partial charge >= 0.3 is 6.18 Å². The number of thioether (sulfide) groups is 1. The Kier molecular flexibility index (Phi) is 6.20. The van der Waals surface area contributed by atoms with Crippen LogP contribution in [-0.2, 0) is 17.6 Å². The maximum absolute atomic E-state index is 13.6. The minimum atomic E-state index is -4.67. The van der Waals surface area contributed by atoms with Gasteiger partial charge in [-0.2, -0.15) is 13.2 Å². The number of nitrogens with zero attached hydrogens (tertiary/aromatic N) is 2. The molecule has 5 nitrogen and oxygen atoms in total. The maximum Gasteiger partial charge on any atom is 0.450 e. The van der Waals surface area contributed by atoms with Gasteiger partial charge in [0.25, 0.3) is 0 Å². The number of halogens is 3. The number of fused-ring (bicyclic) bond motifs is 1. The van der Waals surface area contributed by atoms with Crippen molar-refractivity contribution in [3.05, 3.63) is 84.2 Å². The molecule has 0 bridgehead atoms. The molecule has 3 aromatic carbocycles. The molecule has 1 amide bonds. The standard InChI is InChI=1S/C23H18F3N3O2S/c24-23(25,26)22-28-19-12-15(13-30)6-11-20(19)29(22)17-9-7-16(8-10-17)27-21(31)14-32-18-4-2-1-3-5-18/h1-12,30H,13-14H2,(H,27,31). The van der Waals surface area contributed by atoms with Gasteiger partial charge in [0.1, 0.15) is 0 Å². The van der Waals surface area contributed by atoms with Crippen LogP contribution in [0, 0.1) is 0 Å². The number of amides is 1. The number of nitrogens with one attached hydrogen (secondary N) is 1. The van der Waals surface area contributed by atoms with E-state index in [0.717, 1.165) is 9.46 Å². The topological polar surface area (TPSA) is 67.2 Å². The number of aromatic nitrogens is 2. The van der Waals surface area contributed by atoms with Crippen molar-refractivity contribution in [2.24, 2.45) is 0 Å². The third-order valence-electron chi connectivity index (χ3n) is 4.68. The van der Waals surface area contributed by atoms with Gasteiger partial charge in [-0.1, -0.05) is 24.3 Å². The van der Waals surface area contributed by atoms with Crippen LogP contribution < -0.4 is 5.32 Å². The lowest BCUT2D eigenvalue weighted by Crippen LogP contribution is -2.15. The van der Waals surface area contributed by atoms with E-state index in [2.05, 4.69) is 10.3 Å². The monoisotopic (exact) mass is 457 g/mol. The molecule has 32 heavy (non-hydrogen) atoms. The van der Waals surface area contributed by atoms with E-state index in [4.69, 9.17) is 0 Å². The molecule has 1 aromatic heterocycles. The van der Waals surface area contributed by atoms with Crippen molar-refractivity contribution >= 4 is 34.4 Å². The lowest BCUT2D eigenvalue weighted by atomic mass is 10.2. The minimum Gasteiger partial charge on any atom is -0.392 e. The number of anilines is 1. The van der Waals surface area contributed by atoms with E-state index in [1.165, 1.54) is 36.0 Å². The number of alkyl halides is 3. The molecule has 4 rings (SSSR count). The highest BCUT2D eigenvalue weighted by Gasteiger charge is 2.38. The first-order valence-electron chi connectivity index (χ1n) is 9.63. The Morgan fingerprint density at radius 1 is 1.03 bits per heavy atom. The molecular weight excluding hydrogens is 439 g/mol. The average molecular weight is 457 g/mol. The molecule has 9 heteroatoms. The number of imidazole rings is 1. The summed E-state index contributed by atoms with van der Waals surface area (Å²) in [6.07, 6.45) is -4.67. The first-order chi connectivity index (χ1) is 15.3. The molecule has 0 saturated carbocycles. The van der Waals surface area contributed by atoms with Crippen LogP contribution in [0.1, 0.15) is 11.4 Å². The van der Waals surface area contributed by atoms with Crippen molar-refractivity contribution in [1.82, 2.24) is 9.55 Å². The lowest BCUT2D eigenvalue weighted by Gasteiger charge is -2.12. The summed E-state index contributed by atoms with van der Waals surface area (Å²) in [5, 5.41) is 12.0. The van der Waals surface area contributed by atoms with Crippen molar-refractivity contribution in [3.63, 3.8) is 0 Å². The van der Waals surface area contributed by atoms with Gasteiger partial charge in [-0.25, -0.2) is 4.98 Å². The zero-order chi connectivity index (χ0) is 22.7. The van der Waals surface area contributed by atoms with E-state index >= 15 is 0 Å². The molecule has 1 heterocycles. The summed E-state index contributed by atoms with van der Waals surface area (Å²) in [4.78, 5) is 16.9. The Morgan fingerprint density at radius 2 is 1.75 bits per heavy atom. The smallest absolute Gasteiger partial charge is 0.392 e. The summed E-state index contributed by atoms with van der Waals surface area (Å²) in [7, 11) is 0. The third-order valence-corrected chi connectivity index (χ3v) is 5.69. The fourth-order valence-electron chi connectivity index (χ4n) is 3.23. The zero-order valence-corrected chi connectivity index (χ0v) is 17.5. The highest BCUT2D eigenvalue weighted by molar-refractivity contribution is 8.00. The Morgan fingerprint density at radius 3 is 2.41 bits per heavy atom. The van der Waals surface area contributed by atoms with E-state index < -0.39 is 12.0 Å². The van der Waals surface area contributed by atoms with Gasteiger partial charge in [0.15, 0.2) is 0 Å². The largest absolute Gasteiger partial charge is 0.450 e. The number of hydrogen-bond acceptors (Lipinski definition) is 4. The second-order valence-electron chi connectivity index (χ2n) is 6.95. The molecule has 0 aliphatic carbocycles. The van der Waals surface area contributed by atoms with Crippen LogP contribution in [0.15, 0.2) is 77.7 Å². The Balaban J connectivity index is 1.56. The van der Waals surface area contributed by atoms with Crippen molar-refractivity contribution < 1.29 is 23.1 Å². The summed E-state index contributed by atoms with van der Waals surface area (Å²) < 4.78 is 41.9. The van der Waals surface area contributed by atoms with Gasteiger partial charge in [0.05, 0.1) is 23.4 Å². The molecule has 0 fully saturated rings. The third kappa shape index (κ3) is 4.79. The van der Waals surface area contributed by atoms with Crippen LogP contribution in [0.2, 0.25) is 0 Å². The number of carbonyl (C=O) groups excluding carboxylic acids is 1. The van der Waals surface area contributed by atoms with E-state index in [-0.39, 0.29) is 35.0 Å². The van der Waals surface area contributed by atoms with Crippen LogP contribution in [-0.4, -0.2) is 26.3 Å². The summed E-state index contributed by atoms with van der Waals surface area (Å²) in [5.41, 5.74) is 1.62. The summed E-state index contributed by atoms with van der Waals surface area (Å²) in [5.74, 6) is -1.06. The second-order valence-corrected chi connectivity index (χ2v) is 8.00. The van der Waals surface area contributed by atoms with Gasteiger partial charge < -0.3 is 10.4 Å². The summed E-state index contributed by atoms with van der Waals surface area (Å²) in [6, 6.07) is 20.1. The predicted molar refractivity (Wildman–Crippen MR) is 118 cm³/mol. The van der Waals surface area contributed by atoms with Crippen LogP contribution in [0.25, 0.3) is 16.7 Å². The molecule has 0 spiro atoms. The summed E-state index contributed by atoms with van der Waals surface area (Å²) >= 11 is 1.39. The number of benzene rings is 3. The predicted octanol–water partition coefficient (Wildman–Crippen LogP) is 5.27. The van der Waals surface area contributed by atoms with Crippen LogP contribution >= 0.6 is 11.8 Å². The highest BCUT2D eigenvalue weighted by atomic mass is 32.2. The Labute approximate surface area is 185 Å². The van der Waals surface area contributed by atoms with Gasteiger partial charge in [-0.3, -0.25) is 9.36 Å². The van der Waals surface area contributed by atoms with Gasteiger partial charge in [0.2, 0.25) is 11.7 Å². The Hall–Kier alpha value is -3.30. The van der Waals surface area contributed by atoms with Crippen molar-refractivity contribution in [2.75, 3.05) is 11.1 Å². The molecule has 0 aliphatic heterocycles. The van der Waals surface area contributed by atoms with Crippen molar-refractivity contribution in [2.45, 2.75) is 17.7 Å². The van der Waals surface area contributed by atoms with E-state index in [1.54, 1.807) is 18.2 Å². The number of aliphatic hydroxyl groups excluding tert-OH is 1. The number of rotatable bonds is 6. The first-order valence-corrected chi connectivity index (χ1v) is 10.6. The molecule has 0 aliphatic rings. The highest BCUT2D eigenvalue weighted by Crippen LogP contribution is 2.34. The van der Waals surface area contributed by atoms with Crippen molar-refractivity contribution in [3.8, 4) is 5.69 Å². The van der Waals surface area contributed by atoms with Gasteiger partial charge in [-0.15, -0.1) is 11.8 Å². The molecule has 0 unspecified atom stereocenters. The maximum atomic E-state index is 13.6. The second kappa shape index (κ2) is 9.05. The molecule has 0 atom stereocenters. The van der Waals surface area contributed by atoms with E-state index in [9.17, 15) is 23.1 Å².